The Morgan fingerprint density at radius 2 is 1.96 bits per heavy atom. The third kappa shape index (κ3) is 5.57. The van der Waals surface area contributed by atoms with Crippen molar-refractivity contribution in [2.45, 2.75) is 57.0 Å². The lowest BCUT2D eigenvalue weighted by Crippen LogP contribution is -2.49. The number of guanidine groups is 1. The fourth-order valence-electron chi connectivity index (χ4n) is 4.74. The van der Waals surface area contributed by atoms with Crippen LogP contribution < -0.4 is 10.6 Å². The number of carbonyl (C=O) groups is 1. The molecule has 0 radical (unpaired) electrons. The summed E-state index contributed by atoms with van der Waals surface area (Å²) in [5.41, 5.74) is 0. The first-order valence-electron chi connectivity index (χ1n) is 10.7. The molecule has 7 nitrogen and oxygen atoms in total. The highest BCUT2D eigenvalue weighted by atomic mass is 16.5. The fraction of sp³-hybridized carbons (Fsp3) is 0.900. The highest BCUT2D eigenvalue weighted by Gasteiger charge is 2.32. The van der Waals surface area contributed by atoms with E-state index < -0.39 is 0 Å². The van der Waals surface area contributed by atoms with E-state index in [9.17, 15) is 4.79 Å². The van der Waals surface area contributed by atoms with Crippen LogP contribution in [0.5, 0.6) is 0 Å². The zero-order valence-electron chi connectivity index (χ0n) is 17.1. The van der Waals surface area contributed by atoms with Crippen LogP contribution in [0.3, 0.4) is 0 Å². The second-order valence-electron chi connectivity index (χ2n) is 8.17. The van der Waals surface area contributed by atoms with Gasteiger partial charge in [0, 0.05) is 58.3 Å². The van der Waals surface area contributed by atoms with Crippen LogP contribution in [0.25, 0.3) is 0 Å². The minimum atomic E-state index is 0.279. The van der Waals surface area contributed by atoms with Crippen LogP contribution >= 0.6 is 0 Å². The van der Waals surface area contributed by atoms with Crippen LogP contribution in [0.2, 0.25) is 0 Å². The van der Waals surface area contributed by atoms with Crippen molar-refractivity contribution < 1.29 is 9.53 Å². The molecule has 3 aliphatic rings. The first-order chi connectivity index (χ1) is 13.2. The molecule has 7 heteroatoms. The number of methoxy groups -OCH3 is 1. The highest BCUT2D eigenvalue weighted by molar-refractivity contribution is 5.81. The van der Waals surface area contributed by atoms with Crippen molar-refractivity contribution in [3.8, 4) is 0 Å². The van der Waals surface area contributed by atoms with Crippen molar-refractivity contribution in [2.24, 2.45) is 10.9 Å². The predicted octanol–water partition coefficient (Wildman–Crippen LogP) is 1.05. The van der Waals surface area contributed by atoms with E-state index in [1.165, 1.54) is 25.7 Å². The number of ether oxygens (including phenoxy) is 1. The van der Waals surface area contributed by atoms with E-state index in [0.717, 1.165) is 64.6 Å². The highest BCUT2D eigenvalue weighted by Crippen LogP contribution is 2.27. The first-order valence-corrected chi connectivity index (χ1v) is 10.7. The molecule has 27 heavy (non-hydrogen) atoms. The molecular weight excluding hydrogens is 342 g/mol. The Morgan fingerprint density at radius 1 is 1.15 bits per heavy atom. The van der Waals surface area contributed by atoms with Crippen molar-refractivity contribution in [3.63, 3.8) is 0 Å². The van der Waals surface area contributed by atoms with Gasteiger partial charge in [-0.3, -0.25) is 14.7 Å². The van der Waals surface area contributed by atoms with E-state index in [2.05, 4.69) is 25.4 Å². The van der Waals surface area contributed by atoms with Gasteiger partial charge in [0.1, 0.15) is 0 Å². The average molecular weight is 380 g/mol. The maximum Gasteiger partial charge on any atom is 0.225 e. The molecule has 154 valence electrons. The molecule has 2 aliphatic heterocycles. The van der Waals surface area contributed by atoms with Crippen LogP contribution in [-0.2, 0) is 9.53 Å². The Bertz CT molecular complexity index is 507. The molecule has 2 heterocycles. The molecule has 3 rings (SSSR count). The van der Waals surface area contributed by atoms with Gasteiger partial charge in [0.05, 0.1) is 6.61 Å². The lowest BCUT2D eigenvalue weighted by molar-refractivity contribution is -0.134. The topological polar surface area (TPSA) is 69.2 Å². The number of likely N-dealkylation sites (tertiary alicyclic amines) is 2. The van der Waals surface area contributed by atoms with Gasteiger partial charge >= 0.3 is 0 Å². The summed E-state index contributed by atoms with van der Waals surface area (Å²) in [6.45, 7) is 5.52. The van der Waals surface area contributed by atoms with Gasteiger partial charge in [-0.25, -0.2) is 0 Å². The second-order valence-corrected chi connectivity index (χ2v) is 8.17. The van der Waals surface area contributed by atoms with Gasteiger partial charge in [-0.1, -0.05) is 12.8 Å². The van der Waals surface area contributed by atoms with E-state index in [4.69, 9.17) is 4.74 Å². The van der Waals surface area contributed by atoms with Crippen LogP contribution in [0.1, 0.15) is 44.9 Å². The monoisotopic (exact) mass is 379 g/mol. The molecule has 2 saturated heterocycles. The summed E-state index contributed by atoms with van der Waals surface area (Å²) in [6, 6.07) is 0.845. The van der Waals surface area contributed by atoms with Crippen molar-refractivity contribution in [1.29, 1.82) is 0 Å². The Kier molecular flexibility index (Phi) is 7.76. The largest absolute Gasteiger partial charge is 0.383 e. The summed E-state index contributed by atoms with van der Waals surface area (Å²) in [5.74, 6) is 1.51. The smallest absolute Gasteiger partial charge is 0.225 e. The Hall–Kier alpha value is -1.34. The number of hydrogen-bond donors (Lipinski definition) is 2. The minimum Gasteiger partial charge on any atom is -0.383 e. The van der Waals surface area contributed by atoms with E-state index in [1.54, 1.807) is 7.11 Å². The minimum absolute atomic E-state index is 0.279. The maximum atomic E-state index is 12.6. The zero-order valence-corrected chi connectivity index (χ0v) is 17.1. The van der Waals surface area contributed by atoms with Crippen LogP contribution in [-0.4, -0.2) is 87.2 Å². The molecule has 0 spiro atoms. The standard InChI is InChI=1S/C20H37N5O2/c1-21-20(22-14-18-8-5-10-24(18)12-13-27-2)23-17-9-11-25(15-17)19(26)16-6-3-4-7-16/h16-18H,3-15H2,1-2H3,(H2,21,22,23). The molecule has 0 aromatic heterocycles. The van der Waals surface area contributed by atoms with Gasteiger partial charge in [0.25, 0.3) is 0 Å². The third-order valence-corrected chi connectivity index (χ3v) is 6.36. The van der Waals surface area contributed by atoms with E-state index >= 15 is 0 Å². The first kappa shape index (κ1) is 20.4. The molecular formula is C20H37N5O2. The number of nitrogens with zero attached hydrogens (tertiary/aromatic N) is 3. The average Bonchev–Trinajstić information content (AvgIpc) is 3.44. The fourth-order valence-corrected chi connectivity index (χ4v) is 4.74. The molecule has 2 unspecified atom stereocenters. The summed E-state index contributed by atoms with van der Waals surface area (Å²) in [7, 11) is 3.58. The predicted molar refractivity (Wildman–Crippen MR) is 108 cm³/mol. The van der Waals surface area contributed by atoms with Crippen molar-refractivity contribution >= 4 is 11.9 Å². The van der Waals surface area contributed by atoms with Gasteiger partial charge < -0.3 is 20.3 Å². The second kappa shape index (κ2) is 10.3. The van der Waals surface area contributed by atoms with Crippen LogP contribution in [0.15, 0.2) is 4.99 Å². The van der Waals surface area contributed by atoms with Crippen molar-refractivity contribution in [3.05, 3.63) is 0 Å². The number of rotatable bonds is 7. The summed E-state index contributed by atoms with van der Waals surface area (Å²) < 4.78 is 5.22. The number of hydrogen-bond acceptors (Lipinski definition) is 4. The number of aliphatic imine (C=N–C) groups is 1. The van der Waals surface area contributed by atoms with E-state index in [0.29, 0.717) is 18.0 Å². The number of carbonyl (C=O) groups excluding carboxylic acids is 1. The molecule has 2 N–H and O–H groups in total. The lowest BCUT2D eigenvalue weighted by Gasteiger charge is -2.26. The summed E-state index contributed by atoms with van der Waals surface area (Å²) in [5, 5.41) is 7.02. The SMILES string of the molecule is CN=C(NCC1CCCN1CCOC)NC1CCN(C(=O)C2CCCC2)C1. The summed E-state index contributed by atoms with van der Waals surface area (Å²) in [6.07, 6.45) is 8.07. The summed E-state index contributed by atoms with van der Waals surface area (Å²) in [4.78, 5) is 21.6. The molecule has 0 aromatic carbocycles. The van der Waals surface area contributed by atoms with Crippen LogP contribution in [0.4, 0.5) is 0 Å². The van der Waals surface area contributed by atoms with Gasteiger partial charge in [-0.2, -0.15) is 0 Å². The van der Waals surface area contributed by atoms with Crippen molar-refractivity contribution in [1.82, 2.24) is 20.4 Å². The van der Waals surface area contributed by atoms with Crippen molar-refractivity contribution in [2.75, 3.05) is 53.5 Å². The molecule has 1 amide bonds. The molecule has 1 saturated carbocycles. The van der Waals surface area contributed by atoms with Crippen LogP contribution in [0, 0.1) is 5.92 Å². The van der Waals surface area contributed by atoms with E-state index in [-0.39, 0.29) is 5.92 Å². The zero-order chi connectivity index (χ0) is 19.1. The molecule has 0 aromatic rings. The van der Waals surface area contributed by atoms with Gasteiger partial charge in [0.15, 0.2) is 5.96 Å². The number of amides is 1. The van der Waals surface area contributed by atoms with Gasteiger partial charge in [-0.15, -0.1) is 0 Å². The Balaban J connectivity index is 1.40. The molecule has 0 bridgehead atoms. The number of nitrogens with one attached hydrogen (secondary N) is 2. The van der Waals surface area contributed by atoms with Gasteiger partial charge in [0.2, 0.25) is 5.91 Å². The third-order valence-electron chi connectivity index (χ3n) is 6.36. The summed E-state index contributed by atoms with van der Waals surface area (Å²) >= 11 is 0. The van der Waals surface area contributed by atoms with Gasteiger partial charge in [-0.05, 0) is 38.6 Å². The quantitative estimate of drug-likeness (QED) is 0.511. The lowest BCUT2D eigenvalue weighted by atomic mass is 10.1. The van der Waals surface area contributed by atoms with E-state index in [1.807, 2.05) is 7.05 Å². The molecule has 2 atom stereocenters. The molecule has 3 fully saturated rings. The normalized spacial score (nSPS) is 27.5. The Labute approximate surface area is 163 Å². The Morgan fingerprint density at radius 3 is 2.70 bits per heavy atom. The molecule has 1 aliphatic carbocycles. The maximum absolute atomic E-state index is 12.6.